The number of Topliss-reactive ketones (excluding diaryl/α,β-unsaturated/α-hetero) is 1. The lowest BCUT2D eigenvalue weighted by molar-refractivity contribution is -0.127. The van der Waals surface area contributed by atoms with Gasteiger partial charge in [0.2, 0.25) is 0 Å². The summed E-state index contributed by atoms with van der Waals surface area (Å²) < 4.78 is 0. The van der Waals surface area contributed by atoms with Crippen molar-refractivity contribution in [1.82, 2.24) is 0 Å². The van der Waals surface area contributed by atoms with Crippen LogP contribution in [0.2, 0.25) is 0 Å². The molecule has 0 saturated heterocycles. The third-order valence-corrected chi connectivity index (χ3v) is 3.16. The van der Waals surface area contributed by atoms with Crippen LogP contribution in [-0.2, 0) is 4.79 Å². The largest absolute Gasteiger partial charge is 0.299 e. The number of nitrogens with zero attached hydrogens (tertiary/aromatic N) is 1. The van der Waals surface area contributed by atoms with Crippen LogP contribution in [0.1, 0.15) is 40.0 Å². The molecule has 0 unspecified atom stereocenters. The lowest BCUT2D eigenvalue weighted by Gasteiger charge is -2.33. The van der Waals surface area contributed by atoms with Crippen molar-refractivity contribution in [3.05, 3.63) is 0 Å². The smallest absolute Gasteiger partial charge is 0.138 e. The normalized spacial score (nSPS) is 28.4. The van der Waals surface area contributed by atoms with Crippen molar-refractivity contribution in [3.63, 3.8) is 0 Å². The first-order chi connectivity index (χ1) is 6.47. The van der Waals surface area contributed by atoms with Crippen LogP contribution < -0.4 is 0 Å². The van der Waals surface area contributed by atoms with Gasteiger partial charge in [-0.3, -0.25) is 4.79 Å². The summed E-state index contributed by atoms with van der Waals surface area (Å²) in [5.41, 5.74) is -0.362. The third kappa shape index (κ3) is 2.49. The average Bonchev–Trinajstić information content (AvgIpc) is 2.02. The molecule has 3 heteroatoms. The second-order valence-corrected chi connectivity index (χ2v) is 4.94. The van der Waals surface area contributed by atoms with E-state index in [-0.39, 0.29) is 11.5 Å². The standard InChI is InChI=1S/C11H17NOS/c1-8-4-5-9(10(13)6-8)11(2,3)12-7-14/h8-9H,4-6H2,1-3H3/t8-,9+/m1/s1. The van der Waals surface area contributed by atoms with Gasteiger partial charge in [-0.15, -0.1) is 0 Å². The SMILES string of the molecule is C[C@@H]1CC[C@H](C(C)(C)N=C=S)C(=O)C1. The van der Waals surface area contributed by atoms with Gasteiger partial charge in [-0.05, 0) is 44.8 Å². The zero-order valence-corrected chi connectivity index (χ0v) is 9.86. The zero-order chi connectivity index (χ0) is 10.8. The molecule has 0 aromatic heterocycles. The average molecular weight is 211 g/mol. The minimum absolute atomic E-state index is 0.0362. The van der Waals surface area contributed by atoms with Gasteiger partial charge in [0.1, 0.15) is 5.78 Å². The van der Waals surface area contributed by atoms with E-state index in [2.05, 4.69) is 29.3 Å². The summed E-state index contributed by atoms with van der Waals surface area (Å²) in [6.45, 7) is 6.05. The Balaban J connectivity index is 2.78. The van der Waals surface area contributed by atoms with Crippen LogP contribution >= 0.6 is 12.2 Å². The minimum atomic E-state index is -0.362. The van der Waals surface area contributed by atoms with Crippen LogP contribution in [-0.4, -0.2) is 16.5 Å². The molecule has 0 radical (unpaired) electrons. The van der Waals surface area contributed by atoms with E-state index in [1.165, 1.54) is 0 Å². The first-order valence-electron chi connectivity index (χ1n) is 5.09. The molecule has 1 saturated carbocycles. The predicted molar refractivity (Wildman–Crippen MR) is 60.6 cm³/mol. The summed E-state index contributed by atoms with van der Waals surface area (Å²) in [4.78, 5) is 15.9. The first kappa shape index (κ1) is 11.5. The third-order valence-electron chi connectivity index (χ3n) is 3.07. The Labute approximate surface area is 90.8 Å². The molecule has 0 N–H and O–H groups in total. The highest BCUT2D eigenvalue weighted by atomic mass is 32.1. The van der Waals surface area contributed by atoms with E-state index in [1.54, 1.807) is 0 Å². The maximum Gasteiger partial charge on any atom is 0.138 e. The van der Waals surface area contributed by atoms with Crippen LogP contribution in [0.15, 0.2) is 4.99 Å². The minimum Gasteiger partial charge on any atom is -0.299 e. The molecule has 0 amide bonds. The van der Waals surface area contributed by atoms with Crippen LogP contribution in [0.3, 0.4) is 0 Å². The predicted octanol–water partition coefficient (Wildman–Crippen LogP) is 2.87. The number of carbonyl (C=O) groups excluding carboxylic acids is 1. The van der Waals surface area contributed by atoms with Crippen molar-refractivity contribution in [1.29, 1.82) is 0 Å². The van der Waals surface area contributed by atoms with Crippen molar-refractivity contribution in [2.45, 2.75) is 45.6 Å². The van der Waals surface area contributed by atoms with Crippen LogP contribution in [0.5, 0.6) is 0 Å². The van der Waals surface area contributed by atoms with Crippen molar-refractivity contribution >= 4 is 23.2 Å². The number of aliphatic imine (C=N–C) groups is 1. The number of carbonyl (C=O) groups is 1. The van der Waals surface area contributed by atoms with Gasteiger partial charge in [-0.25, -0.2) is 4.99 Å². The molecule has 2 atom stereocenters. The fraction of sp³-hybridized carbons (Fsp3) is 0.818. The summed E-state index contributed by atoms with van der Waals surface area (Å²) in [5.74, 6) is 0.905. The Morgan fingerprint density at radius 1 is 1.50 bits per heavy atom. The summed E-state index contributed by atoms with van der Waals surface area (Å²) in [6.07, 6.45) is 2.75. The number of thiocarbonyl (C=S) groups is 1. The maximum absolute atomic E-state index is 11.8. The topological polar surface area (TPSA) is 29.4 Å². The number of isothiocyanates is 1. The fourth-order valence-corrected chi connectivity index (χ4v) is 2.38. The highest BCUT2D eigenvalue weighted by Gasteiger charge is 2.37. The number of hydrogen-bond donors (Lipinski definition) is 0. The van der Waals surface area contributed by atoms with Crippen LogP contribution in [0.4, 0.5) is 0 Å². The molecule has 1 aliphatic carbocycles. The quantitative estimate of drug-likeness (QED) is 0.519. The van der Waals surface area contributed by atoms with Crippen molar-refractivity contribution in [2.24, 2.45) is 16.8 Å². The maximum atomic E-state index is 11.8. The Morgan fingerprint density at radius 2 is 2.14 bits per heavy atom. The molecule has 0 spiro atoms. The van der Waals surface area contributed by atoms with Crippen molar-refractivity contribution in [2.75, 3.05) is 0 Å². The molecule has 1 rings (SSSR count). The Hall–Kier alpha value is -0.530. The van der Waals surface area contributed by atoms with Crippen LogP contribution in [0, 0.1) is 11.8 Å². The summed E-state index contributed by atoms with van der Waals surface area (Å²) in [5, 5.41) is 2.39. The molecule has 2 nitrogen and oxygen atoms in total. The Morgan fingerprint density at radius 3 is 2.64 bits per heavy atom. The van der Waals surface area contributed by atoms with E-state index in [0.29, 0.717) is 18.1 Å². The van der Waals surface area contributed by atoms with E-state index in [0.717, 1.165) is 12.8 Å². The zero-order valence-electron chi connectivity index (χ0n) is 9.04. The molecule has 0 aromatic rings. The van der Waals surface area contributed by atoms with Crippen molar-refractivity contribution < 1.29 is 4.79 Å². The van der Waals surface area contributed by atoms with Gasteiger partial charge >= 0.3 is 0 Å². The second-order valence-electron chi connectivity index (χ2n) is 4.76. The summed E-state index contributed by atoms with van der Waals surface area (Å²) >= 11 is 4.60. The molecule has 78 valence electrons. The Kier molecular flexibility index (Phi) is 3.57. The van der Waals surface area contributed by atoms with E-state index in [9.17, 15) is 4.79 Å². The number of ketones is 1. The Bertz CT molecular complexity index is 279. The van der Waals surface area contributed by atoms with Gasteiger partial charge < -0.3 is 0 Å². The summed E-state index contributed by atoms with van der Waals surface area (Å²) in [7, 11) is 0. The molecule has 0 aliphatic heterocycles. The highest BCUT2D eigenvalue weighted by molar-refractivity contribution is 7.78. The molecular formula is C11H17NOS. The van der Waals surface area contributed by atoms with Gasteiger partial charge in [-0.1, -0.05) is 6.92 Å². The number of rotatable bonds is 2. The summed E-state index contributed by atoms with van der Waals surface area (Å²) in [6, 6.07) is 0. The number of hydrogen-bond acceptors (Lipinski definition) is 3. The molecule has 14 heavy (non-hydrogen) atoms. The van der Waals surface area contributed by atoms with Gasteiger partial charge in [-0.2, -0.15) is 0 Å². The first-order valence-corrected chi connectivity index (χ1v) is 5.50. The second kappa shape index (κ2) is 4.33. The van der Waals surface area contributed by atoms with Gasteiger partial charge in [0.15, 0.2) is 0 Å². The van der Waals surface area contributed by atoms with E-state index < -0.39 is 0 Å². The molecule has 0 heterocycles. The van der Waals surface area contributed by atoms with Gasteiger partial charge in [0.05, 0.1) is 10.7 Å². The van der Waals surface area contributed by atoms with Gasteiger partial charge in [0.25, 0.3) is 0 Å². The van der Waals surface area contributed by atoms with E-state index in [1.807, 2.05) is 13.8 Å². The molecule has 0 bridgehead atoms. The van der Waals surface area contributed by atoms with Crippen molar-refractivity contribution in [3.8, 4) is 0 Å². The highest BCUT2D eigenvalue weighted by Crippen LogP contribution is 2.34. The molecule has 0 aromatic carbocycles. The van der Waals surface area contributed by atoms with Crippen LogP contribution in [0.25, 0.3) is 0 Å². The molecule has 1 aliphatic rings. The monoisotopic (exact) mass is 211 g/mol. The molecule has 1 fully saturated rings. The van der Waals surface area contributed by atoms with E-state index in [4.69, 9.17) is 0 Å². The van der Waals surface area contributed by atoms with Gasteiger partial charge in [0, 0.05) is 12.3 Å². The lowest BCUT2D eigenvalue weighted by atomic mass is 9.73. The lowest BCUT2D eigenvalue weighted by Crippen LogP contribution is -2.38. The van der Waals surface area contributed by atoms with E-state index >= 15 is 0 Å². The fourth-order valence-electron chi connectivity index (χ4n) is 2.14. The molecular weight excluding hydrogens is 194 g/mol.